The quantitative estimate of drug-likeness (QED) is 0.570. The molecular formula is C22H22N4O3S. The van der Waals surface area contributed by atoms with Crippen LogP contribution in [-0.2, 0) is 10.3 Å². The molecule has 154 valence electrons. The van der Waals surface area contributed by atoms with Gasteiger partial charge in [0.25, 0.3) is 11.8 Å². The van der Waals surface area contributed by atoms with Crippen molar-refractivity contribution < 1.29 is 14.1 Å². The fraction of sp³-hybridized carbons (Fsp3) is 0.273. The molecular weight excluding hydrogens is 400 g/mol. The van der Waals surface area contributed by atoms with Gasteiger partial charge in [0.15, 0.2) is 0 Å². The Kier molecular flexibility index (Phi) is 5.76. The largest absolute Gasteiger partial charge is 0.338 e. The van der Waals surface area contributed by atoms with Crippen LogP contribution in [0.2, 0.25) is 0 Å². The minimum Gasteiger partial charge on any atom is -0.338 e. The molecule has 4 rings (SSSR count). The van der Waals surface area contributed by atoms with Crippen LogP contribution in [0.5, 0.6) is 0 Å². The molecule has 0 radical (unpaired) electrons. The third-order valence-electron chi connectivity index (χ3n) is 5.25. The van der Waals surface area contributed by atoms with Gasteiger partial charge in [-0.2, -0.15) is 16.3 Å². The number of carbonyl (C=O) groups is 2. The summed E-state index contributed by atoms with van der Waals surface area (Å²) in [5, 5.41) is 13.9. The molecule has 2 heterocycles. The molecule has 0 bridgehead atoms. The molecule has 1 aliphatic carbocycles. The summed E-state index contributed by atoms with van der Waals surface area (Å²) in [6.07, 6.45) is 5.68. The van der Waals surface area contributed by atoms with Gasteiger partial charge in [0.05, 0.1) is 0 Å². The average molecular weight is 423 g/mol. The van der Waals surface area contributed by atoms with Gasteiger partial charge in [0.2, 0.25) is 11.7 Å². The van der Waals surface area contributed by atoms with Gasteiger partial charge in [-0.1, -0.05) is 37.1 Å². The molecule has 2 N–H and O–H groups in total. The zero-order valence-electron chi connectivity index (χ0n) is 16.4. The van der Waals surface area contributed by atoms with Crippen LogP contribution >= 0.6 is 11.3 Å². The Morgan fingerprint density at radius 2 is 2.03 bits per heavy atom. The zero-order chi connectivity index (χ0) is 21.0. The number of rotatable bonds is 6. The highest BCUT2D eigenvalue weighted by molar-refractivity contribution is 7.08. The highest BCUT2D eigenvalue weighted by atomic mass is 32.1. The van der Waals surface area contributed by atoms with Gasteiger partial charge < -0.3 is 15.2 Å². The monoisotopic (exact) mass is 422 g/mol. The molecule has 0 spiro atoms. The molecule has 2 aromatic heterocycles. The lowest BCUT2D eigenvalue weighted by Crippen LogP contribution is -2.47. The number of amides is 2. The summed E-state index contributed by atoms with van der Waals surface area (Å²) in [7, 11) is 0. The molecule has 0 atom stereocenters. The van der Waals surface area contributed by atoms with E-state index in [0.29, 0.717) is 23.0 Å². The number of carbonyl (C=O) groups excluding carboxylic acids is 2. The Bertz CT molecular complexity index is 1050. The minimum absolute atomic E-state index is 0.248. The van der Waals surface area contributed by atoms with Crippen molar-refractivity contribution in [1.29, 1.82) is 0 Å². The summed E-state index contributed by atoms with van der Waals surface area (Å²) < 4.78 is 5.62. The van der Waals surface area contributed by atoms with Crippen LogP contribution in [0.15, 0.2) is 58.3 Å². The van der Waals surface area contributed by atoms with Gasteiger partial charge in [-0.15, -0.1) is 0 Å². The number of hydrogen-bond acceptors (Lipinski definition) is 6. The third-order valence-corrected chi connectivity index (χ3v) is 5.94. The van der Waals surface area contributed by atoms with E-state index in [2.05, 4.69) is 27.4 Å². The molecule has 1 fully saturated rings. The van der Waals surface area contributed by atoms with Gasteiger partial charge in [-0.3, -0.25) is 9.59 Å². The van der Waals surface area contributed by atoms with Gasteiger partial charge >= 0.3 is 0 Å². The maximum Gasteiger partial charge on any atom is 0.252 e. The molecule has 8 heteroatoms. The molecule has 1 saturated carbocycles. The number of aromatic nitrogens is 2. The standard InChI is InChI=1S/C22H22N4O3S/c1-2-18(27)23-17-8-6-7-15(13-17)20(28)25-22(10-4-3-5-11-22)21-24-19(26-29-21)16-9-12-30-14-16/h2,6-9,12-14H,1,3-5,10-11H2,(H,23,27)(H,25,28). The van der Waals surface area contributed by atoms with Crippen molar-refractivity contribution in [2.45, 2.75) is 37.6 Å². The van der Waals surface area contributed by atoms with Gasteiger partial charge in [-0.05, 0) is 48.6 Å². The first-order chi connectivity index (χ1) is 14.6. The molecule has 1 aromatic carbocycles. The Morgan fingerprint density at radius 3 is 2.77 bits per heavy atom. The molecule has 3 aromatic rings. The number of thiophene rings is 1. The summed E-state index contributed by atoms with van der Waals surface area (Å²) in [6, 6.07) is 8.73. The van der Waals surface area contributed by atoms with Gasteiger partial charge in [-0.25, -0.2) is 0 Å². The van der Waals surface area contributed by atoms with Crippen molar-refractivity contribution in [2.24, 2.45) is 0 Å². The summed E-state index contributed by atoms with van der Waals surface area (Å²) in [5.74, 6) is 0.387. The first kappa shape index (κ1) is 20.0. The first-order valence-electron chi connectivity index (χ1n) is 9.82. The Balaban J connectivity index is 1.59. The van der Waals surface area contributed by atoms with E-state index in [1.165, 1.54) is 6.08 Å². The lowest BCUT2D eigenvalue weighted by molar-refractivity contribution is -0.111. The van der Waals surface area contributed by atoms with E-state index in [9.17, 15) is 9.59 Å². The Labute approximate surface area is 178 Å². The maximum atomic E-state index is 13.1. The lowest BCUT2D eigenvalue weighted by Gasteiger charge is -2.34. The van der Waals surface area contributed by atoms with Crippen LogP contribution in [0.1, 0.15) is 48.4 Å². The van der Waals surface area contributed by atoms with Gasteiger partial charge in [0, 0.05) is 22.2 Å². The summed E-state index contributed by atoms with van der Waals surface area (Å²) in [4.78, 5) is 29.3. The normalized spacial score (nSPS) is 15.3. The number of hydrogen-bond donors (Lipinski definition) is 2. The van der Waals surface area contributed by atoms with E-state index in [4.69, 9.17) is 4.52 Å². The minimum atomic E-state index is -0.697. The Morgan fingerprint density at radius 1 is 1.20 bits per heavy atom. The second-order valence-electron chi connectivity index (χ2n) is 7.31. The number of nitrogens with zero attached hydrogens (tertiary/aromatic N) is 2. The molecule has 0 unspecified atom stereocenters. The lowest BCUT2D eigenvalue weighted by atomic mass is 9.81. The fourth-order valence-electron chi connectivity index (χ4n) is 3.70. The van der Waals surface area contributed by atoms with Gasteiger partial charge in [0.1, 0.15) is 5.54 Å². The average Bonchev–Trinajstić information content (AvgIpc) is 3.46. The SMILES string of the molecule is C=CC(=O)Nc1cccc(C(=O)NC2(c3nc(-c4ccsc4)no3)CCCCC2)c1. The highest BCUT2D eigenvalue weighted by Gasteiger charge is 2.41. The first-order valence-corrected chi connectivity index (χ1v) is 10.8. The highest BCUT2D eigenvalue weighted by Crippen LogP contribution is 2.37. The maximum absolute atomic E-state index is 13.1. The van der Waals surface area contributed by atoms with Crippen molar-refractivity contribution in [3.63, 3.8) is 0 Å². The number of benzene rings is 1. The van der Waals surface area contributed by atoms with E-state index in [-0.39, 0.29) is 11.8 Å². The molecule has 2 amide bonds. The molecule has 1 aliphatic rings. The zero-order valence-corrected chi connectivity index (χ0v) is 17.2. The van der Waals surface area contributed by atoms with E-state index >= 15 is 0 Å². The van der Waals surface area contributed by atoms with E-state index in [1.807, 2.05) is 16.8 Å². The molecule has 0 aliphatic heterocycles. The predicted octanol–water partition coefficient (Wildman–Crippen LogP) is 4.51. The van der Waals surface area contributed by atoms with Crippen LogP contribution in [0.25, 0.3) is 11.4 Å². The van der Waals surface area contributed by atoms with Crippen LogP contribution in [0.3, 0.4) is 0 Å². The smallest absolute Gasteiger partial charge is 0.252 e. The fourth-order valence-corrected chi connectivity index (χ4v) is 4.33. The second kappa shape index (κ2) is 8.62. The summed E-state index contributed by atoms with van der Waals surface area (Å²) in [5.41, 5.74) is 1.18. The van der Waals surface area contributed by atoms with Crippen LogP contribution in [0.4, 0.5) is 5.69 Å². The van der Waals surface area contributed by atoms with Crippen molar-refractivity contribution in [3.8, 4) is 11.4 Å². The van der Waals surface area contributed by atoms with E-state index in [1.54, 1.807) is 35.6 Å². The topological polar surface area (TPSA) is 97.1 Å². The summed E-state index contributed by atoms with van der Waals surface area (Å²) >= 11 is 1.57. The molecule has 0 saturated heterocycles. The number of anilines is 1. The second-order valence-corrected chi connectivity index (χ2v) is 8.09. The van der Waals surface area contributed by atoms with E-state index in [0.717, 1.165) is 37.7 Å². The molecule has 30 heavy (non-hydrogen) atoms. The molecule has 7 nitrogen and oxygen atoms in total. The predicted molar refractivity (Wildman–Crippen MR) is 115 cm³/mol. The van der Waals surface area contributed by atoms with Crippen molar-refractivity contribution in [3.05, 3.63) is 65.2 Å². The van der Waals surface area contributed by atoms with Crippen LogP contribution < -0.4 is 10.6 Å². The van der Waals surface area contributed by atoms with Crippen molar-refractivity contribution >= 4 is 28.8 Å². The number of nitrogens with one attached hydrogen (secondary N) is 2. The van der Waals surface area contributed by atoms with E-state index < -0.39 is 5.54 Å². The van der Waals surface area contributed by atoms with Crippen molar-refractivity contribution in [1.82, 2.24) is 15.5 Å². The van der Waals surface area contributed by atoms with Crippen LogP contribution in [-0.4, -0.2) is 22.0 Å². The van der Waals surface area contributed by atoms with Crippen LogP contribution in [0, 0.1) is 0 Å². The summed E-state index contributed by atoms with van der Waals surface area (Å²) in [6.45, 7) is 3.44. The third kappa shape index (κ3) is 4.18. The Hall–Kier alpha value is -3.26. The van der Waals surface area contributed by atoms with Crippen molar-refractivity contribution in [2.75, 3.05) is 5.32 Å².